The van der Waals surface area contributed by atoms with Crippen molar-refractivity contribution in [3.05, 3.63) is 42.5 Å². The summed E-state index contributed by atoms with van der Waals surface area (Å²) in [6.07, 6.45) is 2.65. The molecule has 1 aromatic rings. The van der Waals surface area contributed by atoms with Crippen LogP contribution < -0.4 is 9.62 Å². The fourth-order valence-corrected chi connectivity index (χ4v) is 2.62. The van der Waals surface area contributed by atoms with Crippen LogP contribution in [0.4, 0.5) is 5.69 Å². The number of hydrogen-bond acceptors (Lipinski definition) is 3. The fraction of sp³-hybridized carbons (Fsp3) is 0.400. The molecule has 0 saturated carbocycles. The largest absolute Gasteiger partial charge is 0.347 e. The van der Waals surface area contributed by atoms with Gasteiger partial charge in [-0.2, -0.15) is 0 Å². The molecule has 0 bridgehead atoms. The zero-order valence-corrected chi connectivity index (χ0v) is 13.7. The number of sulfonamides is 1. The van der Waals surface area contributed by atoms with Crippen LogP contribution in [-0.4, -0.2) is 32.7 Å². The number of nitrogens with zero attached hydrogens (tertiary/aromatic N) is 1. The number of hydrogen-bond donors (Lipinski definition) is 1. The lowest BCUT2D eigenvalue weighted by molar-refractivity contribution is 0.0919. The summed E-state index contributed by atoms with van der Waals surface area (Å²) in [5, 5.41) is 2.85. The maximum absolute atomic E-state index is 12.0. The van der Waals surface area contributed by atoms with E-state index in [-0.39, 0.29) is 18.0 Å². The van der Waals surface area contributed by atoms with E-state index < -0.39 is 10.0 Å². The van der Waals surface area contributed by atoms with E-state index in [2.05, 4.69) is 11.9 Å². The maximum atomic E-state index is 12.0. The predicted octanol–water partition coefficient (Wildman–Crippen LogP) is 2.17. The van der Waals surface area contributed by atoms with E-state index in [1.54, 1.807) is 24.3 Å². The smallest absolute Gasteiger partial charge is 0.251 e. The molecule has 0 saturated heterocycles. The summed E-state index contributed by atoms with van der Waals surface area (Å²) >= 11 is 0. The molecule has 6 heteroatoms. The molecular formula is C15H22N2O3S. The van der Waals surface area contributed by atoms with E-state index in [1.165, 1.54) is 10.4 Å². The Kier molecular flexibility index (Phi) is 5.17. The number of anilines is 1. The molecule has 116 valence electrons. The number of rotatable bonds is 5. The van der Waals surface area contributed by atoms with E-state index in [0.29, 0.717) is 11.3 Å². The van der Waals surface area contributed by atoms with Crippen molar-refractivity contribution >= 4 is 21.6 Å². The Bertz CT molecular complexity index is 613. The lowest BCUT2D eigenvalue weighted by Gasteiger charge is -2.22. The monoisotopic (exact) mass is 310 g/mol. The molecule has 1 N–H and O–H groups in total. The third kappa shape index (κ3) is 5.23. The number of nitrogens with one attached hydrogen (secondary N) is 1. The molecule has 1 rings (SSSR count). The first kappa shape index (κ1) is 17.2. The Morgan fingerprint density at radius 1 is 1.29 bits per heavy atom. The highest BCUT2D eigenvalue weighted by molar-refractivity contribution is 7.92. The van der Waals surface area contributed by atoms with Crippen molar-refractivity contribution in [1.82, 2.24) is 5.32 Å². The molecule has 0 aliphatic rings. The van der Waals surface area contributed by atoms with Crippen molar-refractivity contribution in [3.8, 4) is 0 Å². The van der Waals surface area contributed by atoms with Gasteiger partial charge in [0.15, 0.2) is 0 Å². The standard InChI is InChI=1S/C15H22N2O3S/c1-6-11-17(21(5,19)20)13-9-7-12(8-10-13)14(18)16-15(2,3)4/h6-10H,1,11H2,2-5H3,(H,16,18). The lowest BCUT2D eigenvalue weighted by Crippen LogP contribution is -2.40. The Labute approximate surface area is 126 Å². The highest BCUT2D eigenvalue weighted by Crippen LogP contribution is 2.18. The van der Waals surface area contributed by atoms with E-state index in [9.17, 15) is 13.2 Å². The summed E-state index contributed by atoms with van der Waals surface area (Å²) in [6, 6.07) is 6.44. The van der Waals surface area contributed by atoms with Crippen LogP contribution in [0.15, 0.2) is 36.9 Å². The second-order valence-corrected chi connectivity index (χ2v) is 7.74. The summed E-state index contributed by atoms with van der Waals surface area (Å²) in [6.45, 7) is 9.43. The van der Waals surface area contributed by atoms with Crippen LogP contribution >= 0.6 is 0 Å². The fourth-order valence-electron chi connectivity index (χ4n) is 1.74. The normalized spacial score (nSPS) is 11.8. The zero-order chi connectivity index (χ0) is 16.3. The molecule has 0 aromatic heterocycles. The molecule has 0 fully saturated rings. The van der Waals surface area contributed by atoms with E-state index >= 15 is 0 Å². The van der Waals surface area contributed by atoms with Crippen LogP contribution in [0.2, 0.25) is 0 Å². The van der Waals surface area contributed by atoms with Gasteiger partial charge in [-0.1, -0.05) is 6.08 Å². The second kappa shape index (κ2) is 6.30. The number of carbonyl (C=O) groups excluding carboxylic acids is 1. The van der Waals surface area contributed by atoms with Gasteiger partial charge in [-0.15, -0.1) is 6.58 Å². The average molecular weight is 310 g/mol. The van der Waals surface area contributed by atoms with Crippen molar-refractivity contribution < 1.29 is 13.2 Å². The number of amides is 1. The third-order valence-corrected chi connectivity index (χ3v) is 3.76. The van der Waals surface area contributed by atoms with Crippen LogP contribution in [0.1, 0.15) is 31.1 Å². The van der Waals surface area contributed by atoms with Crippen LogP contribution in [0.3, 0.4) is 0 Å². The first-order valence-corrected chi connectivity index (χ1v) is 8.40. The molecule has 0 aliphatic heterocycles. The highest BCUT2D eigenvalue weighted by Gasteiger charge is 2.18. The van der Waals surface area contributed by atoms with Crippen LogP contribution in [0.5, 0.6) is 0 Å². The topological polar surface area (TPSA) is 66.5 Å². The van der Waals surface area contributed by atoms with Gasteiger partial charge >= 0.3 is 0 Å². The molecule has 0 heterocycles. The summed E-state index contributed by atoms with van der Waals surface area (Å²) in [5.41, 5.74) is 0.669. The summed E-state index contributed by atoms with van der Waals surface area (Å²) in [7, 11) is -3.38. The molecule has 21 heavy (non-hydrogen) atoms. The second-order valence-electron chi connectivity index (χ2n) is 5.83. The molecule has 0 atom stereocenters. The first-order valence-electron chi connectivity index (χ1n) is 6.56. The summed E-state index contributed by atoms with van der Waals surface area (Å²) in [4.78, 5) is 12.0. The molecule has 1 aromatic carbocycles. The minimum atomic E-state index is -3.38. The van der Waals surface area contributed by atoms with Gasteiger partial charge in [-0.3, -0.25) is 9.10 Å². The van der Waals surface area contributed by atoms with Gasteiger partial charge in [0.25, 0.3) is 5.91 Å². The van der Waals surface area contributed by atoms with Gasteiger partial charge in [0, 0.05) is 11.1 Å². The van der Waals surface area contributed by atoms with Gasteiger partial charge < -0.3 is 5.32 Å². The molecular weight excluding hydrogens is 288 g/mol. The molecule has 0 radical (unpaired) electrons. The Morgan fingerprint density at radius 2 is 1.81 bits per heavy atom. The number of carbonyl (C=O) groups is 1. The summed E-state index contributed by atoms with van der Waals surface area (Å²) in [5.74, 6) is -0.191. The van der Waals surface area contributed by atoms with Crippen LogP contribution in [-0.2, 0) is 10.0 Å². The van der Waals surface area contributed by atoms with Crippen LogP contribution in [0, 0.1) is 0 Å². The van der Waals surface area contributed by atoms with Crippen LogP contribution in [0.25, 0.3) is 0 Å². The highest BCUT2D eigenvalue weighted by atomic mass is 32.2. The average Bonchev–Trinajstić information content (AvgIpc) is 2.32. The Balaban J connectivity index is 3.01. The molecule has 0 spiro atoms. The van der Waals surface area contributed by atoms with Crippen molar-refractivity contribution in [2.75, 3.05) is 17.1 Å². The van der Waals surface area contributed by atoms with Crippen molar-refractivity contribution in [2.45, 2.75) is 26.3 Å². The maximum Gasteiger partial charge on any atom is 0.251 e. The number of benzene rings is 1. The van der Waals surface area contributed by atoms with Crippen molar-refractivity contribution in [3.63, 3.8) is 0 Å². The van der Waals surface area contributed by atoms with Gasteiger partial charge in [-0.25, -0.2) is 8.42 Å². The zero-order valence-electron chi connectivity index (χ0n) is 12.9. The molecule has 0 aliphatic carbocycles. The van der Waals surface area contributed by atoms with Gasteiger partial charge in [0.2, 0.25) is 10.0 Å². The molecule has 0 unspecified atom stereocenters. The third-order valence-electron chi connectivity index (χ3n) is 2.60. The van der Waals surface area contributed by atoms with E-state index in [4.69, 9.17) is 0 Å². The van der Waals surface area contributed by atoms with E-state index in [1.807, 2.05) is 20.8 Å². The Hall–Kier alpha value is -1.82. The quantitative estimate of drug-likeness (QED) is 0.848. The van der Waals surface area contributed by atoms with Crippen molar-refractivity contribution in [2.24, 2.45) is 0 Å². The Morgan fingerprint density at radius 3 is 2.19 bits per heavy atom. The summed E-state index contributed by atoms with van der Waals surface area (Å²) < 4.78 is 24.7. The SMILES string of the molecule is C=CCN(c1ccc(C(=O)NC(C)(C)C)cc1)S(C)(=O)=O. The molecule has 5 nitrogen and oxygen atoms in total. The van der Waals surface area contributed by atoms with Gasteiger partial charge in [0.1, 0.15) is 0 Å². The van der Waals surface area contributed by atoms with Gasteiger partial charge in [-0.05, 0) is 45.0 Å². The lowest BCUT2D eigenvalue weighted by atomic mass is 10.1. The molecule has 1 amide bonds. The minimum Gasteiger partial charge on any atom is -0.347 e. The first-order chi connectivity index (χ1) is 9.54. The van der Waals surface area contributed by atoms with Gasteiger partial charge in [0.05, 0.1) is 18.5 Å². The van der Waals surface area contributed by atoms with E-state index in [0.717, 1.165) is 6.26 Å². The van der Waals surface area contributed by atoms with Crippen molar-refractivity contribution in [1.29, 1.82) is 0 Å². The predicted molar refractivity (Wildman–Crippen MR) is 86.0 cm³/mol. The minimum absolute atomic E-state index is 0.187.